The lowest BCUT2D eigenvalue weighted by molar-refractivity contribution is -0.144. The first kappa shape index (κ1) is 16.8. The van der Waals surface area contributed by atoms with Gasteiger partial charge in [-0.25, -0.2) is 8.78 Å². The predicted octanol–water partition coefficient (Wildman–Crippen LogP) is 1.39. The zero-order valence-corrected chi connectivity index (χ0v) is 13.2. The number of halogens is 2. The van der Waals surface area contributed by atoms with Crippen molar-refractivity contribution in [1.82, 2.24) is 4.90 Å². The average Bonchev–Trinajstić information content (AvgIpc) is 3.20. The molecular weight excluding hydrogens is 318 g/mol. The molecule has 0 spiro atoms. The second kappa shape index (κ2) is 6.84. The molecule has 3 atom stereocenters. The van der Waals surface area contributed by atoms with Gasteiger partial charge in [-0.2, -0.15) is 0 Å². The van der Waals surface area contributed by atoms with E-state index < -0.39 is 29.7 Å². The molecule has 2 aliphatic rings. The van der Waals surface area contributed by atoms with Crippen LogP contribution in [-0.4, -0.2) is 42.0 Å². The predicted molar refractivity (Wildman–Crippen MR) is 81.8 cm³/mol. The van der Waals surface area contributed by atoms with Crippen LogP contribution < -0.4 is 5.73 Å². The normalized spacial score (nSPS) is 26.8. The van der Waals surface area contributed by atoms with Crippen molar-refractivity contribution in [2.24, 2.45) is 11.7 Å². The molecule has 0 bridgehead atoms. The SMILES string of the molecule is NC(=O)[C@@H]1CC[C@@H](C(=O)N2CC[C@H](Cc3ccc(F)c(F)c3)C2)O1. The molecule has 1 aromatic rings. The topological polar surface area (TPSA) is 72.6 Å². The van der Waals surface area contributed by atoms with Gasteiger partial charge in [-0.15, -0.1) is 0 Å². The molecule has 0 saturated carbocycles. The lowest BCUT2D eigenvalue weighted by Gasteiger charge is -2.20. The number of nitrogens with zero attached hydrogens (tertiary/aromatic N) is 1. The van der Waals surface area contributed by atoms with Gasteiger partial charge in [0.15, 0.2) is 11.6 Å². The third-order valence-corrected chi connectivity index (χ3v) is 4.72. The molecule has 2 heterocycles. The molecule has 0 aromatic heterocycles. The van der Waals surface area contributed by atoms with Crippen LogP contribution in [0.15, 0.2) is 18.2 Å². The van der Waals surface area contributed by atoms with Crippen LogP contribution in [0.2, 0.25) is 0 Å². The summed E-state index contributed by atoms with van der Waals surface area (Å²) >= 11 is 0. The monoisotopic (exact) mass is 338 g/mol. The van der Waals surface area contributed by atoms with Gasteiger partial charge in [0.1, 0.15) is 12.2 Å². The second-order valence-corrected chi connectivity index (χ2v) is 6.48. The lowest BCUT2D eigenvalue weighted by Crippen LogP contribution is -2.39. The molecule has 2 saturated heterocycles. The summed E-state index contributed by atoms with van der Waals surface area (Å²) in [5.41, 5.74) is 5.92. The van der Waals surface area contributed by atoms with E-state index in [-0.39, 0.29) is 11.8 Å². The fraction of sp³-hybridized carbons (Fsp3) is 0.529. The maximum absolute atomic E-state index is 13.3. The van der Waals surface area contributed by atoms with Gasteiger partial charge in [0.25, 0.3) is 5.91 Å². The zero-order chi connectivity index (χ0) is 17.3. The molecule has 24 heavy (non-hydrogen) atoms. The van der Waals surface area contributed by atoms with Crippen LogP contribution >= 0.6 is 0 Å². The van der Waals surface area contributed by atoms with Gasteiger partial charge in [-0.1, -0.05) is 6.07 Å². The number of carbonyl (C=O) groups is 2. The third kappa shape index (κ3) is 3.56. The number of amides is 2. The maximum Gasteiger partial charge on any atom is 0.251 e. The highest BCUT2D eigenvalue weighted by Gasteiger charge is 2.38. The van der Waals surface area contributed by atoms with Crippen molar-refractivity contribution in [3.63, 3.8) is 0 Å². The summed E-state index contributed by atoms with van der Waals surface area (Å²) in [6.45, 7) is 1.16. The molecule has 7 heteroatoms. The minimum absolute atomic E-state index is 0.119. The first-order valence-corrected chi connectivity index (χ1v) is 8.11. The first-order valence-electron chi connectivity index (χ1n) is 8.11. The van der Waals surface area contributed by atoms with Gasteiger partial charge >= 0.3 is 0 Å². The lowest BCUT2D eigenvalue weighted by atomic mass is 9.98. The van der Waals surface area contributed by atoms with E-state index in [1.54, 1.807) is 11.0 Å². The number of benzene rings is 1. The van der Waals surface area contributed by atoms with E-state index in [0.717, 1.165) is 18.1 Å². The summed E-state index contributed by atoms with van der Waals surface area (Å²) in [5, 5.41) is 0. The van der Waals surface area contributed by atoms with Gasteiger partial charge in [-0.3, -0.25) is 9.59 Å². The number of hydrogen-bond acceptors (Lipinski definition) is 3. The second-order valence-electron chi connectivity index (χ2n) is 6.48. The fourth-order valence-corrected chi connectivity index (χ4v) is 3.43. The molecule has 5 nitrogen and oxygen atoms in total. The Bertz CT molecular complexity index is 653. The maximum atomic E-state index is 13.3. The summed E-state index contributed by atoms with van der Waals surface area (Å²) in [4.78, 5) is 25.3. The number of nitrogens with two attached hydrogens (primary N) is 1. The molecule has 2 aliphatic heterocycles. The van der Waals surface area contributed by atoms with E-state index in [1.165, 1.54) is 6.07 Å². The van der Waals surface area contributed by atoms with Crippen molar-refractivity contribution in [2.45, 2.75) is 37.9 Å². The van der Waals surface area contributed by atoms with E-state index in [2.05, 4.69) is 0 Å². The van der Waals surface area contributed by atoms with Crippen LogP contribution in [0.3, 0.4) is 0 Å². The summed E-state index contributed by atoms with van der Waals surface area (Å²) in [7, 11) is 0. The van der Waals surface area contributed by atoms with Crippen LogP contribution in [0.5, 0.6) is 0 Å². The minimum Gasteiger partial charge on any atom is -0.367 e. The number of primary amides is 1. The summed E-state index contributed by atoms with van der Waals surface area (Å²) < 4.78 is 31.7. The summed E-state index contributed by atoms with van der Waals surface area (Å²) in [6, 6.07) is 3.90. The van der Waals surface area contributed by atoms with Crippen molar-refractivity contribution in [2.75, 3.05) is 13.1 Å². The number of ether oxygens (including phenoxy) is 1. The standard InChI is InChI=1S/C17H20F2N2O3/c18-12-2-1-10(8-13(12)19)7-11-5-6-21(9-11)17(23)15-4-3-14(24-15)16(20)22/h1-2,8,11,14-15H,3-7,9H2,(H2,20,22)/t11-,14+,15+/m1/s1. The van der Waals surface area contributed by atoms with Gasteiger partial charge in [0, 0.05) is 13.1 Å². The Morgan fingerprint density at radius 1 is 1.17 bits per heavy atom. The number of carbonyl (C=O) groups excluding carboxylic acids is 2. The minimum atomic E-state index is -0.857. The van der Waals surface area contributed by atoms with E-state index in [4.69, 9.17) is 10.5 Å². The smallest absolute Gasteiger partial charge is 0.251 e. The van der Waals surface area contributed by atoms with E-state index in [1.807, 2.05) is 0 Å². The van der Waals surface area contributed by atoms with Crippen LogP contribution in [0, 0.1) is 17.6 Å². The Hall–Kier alpha value is -2.02. The van der Waals surface area contributed by atoms with E-state index in [0.29, 0.717) is 32.4 Å². The van der Waals surface area contributed by atoms with Crippen molar-refractivity contribution in [3.8, 4) is 0 Å². The highest BCUT2D eigenvalue weighted by Crippen LogP contribution is 2.26. The number of likely N-dealkylation sites (tertiary alicyclic amines) is 1. The Kier molecular flexibility index (Phi) is 4.80. The molecule has 2 N–H and O–H groups in total. The molecule has 0 aliphatic carbocycles. The Labute approximate surface area is 138 Å². The van der Waals surface area contributed by atoms with Gasteiger partial charge in [0.05, 0.1) is 0 Å². The third-order valence-electron chi connectivity index (χ3n) is 4.72. The van der Waals surface area contributed by atoms with Crippen molar-refractivity contribution in [1.29, 1.82) is 0 Å². The Morgan fingerprint density at radius 3 is 2.58 bits per heavy atom. The molecule has 0 unspecified atom stereocenters. The highest BCUT2D eigenvalue weighted by molar-refractivity contribution is 5.84. The Balaban J connectivity index is 1.54. The van der Waals surface area contributed by atoms with Crippen molar-refractivity contribution in [3.05, 3.63) is 35.4 Å². The van der Waals surface area contributed by atoms with Crippen LogP contribution in [0.25, 0.3) is 0 Å². The molecule has 2 fully saturated rings. The fourth-order valence-electron chi connectivity index (χ4n) is 3.43. The molecule has 0 radical (unpaired) electrons. The van der Waals surface area contributed by atoms with Gasteiger partial charge in [-0.05, 0) is 49.3 Å². The van der Waals surface area contributed by atoms with Crippen molar-refractivity contribution < 1.29 is 23.1 Å². The number of rotatable bonds is 4. The van der Waals surface area contributed by atoms with Gasteiger partial charge in [0.2, 0.25) is 5.91 Å². The first-order chi connectivity index (χ1) is 11.4. The Morgan fingerprint density at radius 2 is 1.92 bits per heavy atom. The molecule has 130 valence electrons. The summed E-state index contributed by atoms with van der Waals surface area (Å²) in [5.74, 6) is -2.17. The zero-order valence-electron chi connectivity index (χ0n) is 13.2. The molecule has 2 amide bonds. The van der Waals surface area contributed by atoms with Gasteiger partial charge < -0.3 is 15.4 Å². The van der Waals surface area contributed by atoms with Crippen molar-refractivity contribution >= 4 is 11.8 Å². The van der Waals surface area contributed by atoms with Crippen LogP contribution in [0.4, 0.5) is 8.78 Å². The number of hydrogen-bond donors (Lipinski definition) is 1. The van der Waals surface area contributed by atoms with Crippen LogP contribution in [0.1, 0.15) is 24.8 Å². The average molecular weight is 338 g/mol. The molecule has 1 aromatic carbocycles. The van der Waals surface area contributed by atoms with E-state index in [9.17, 15) is 18.4 Å². The van der Waals surface area contributed by atoms with E-state index >= 15 is 0 Å². The quantitative estimate of drug-likeness (QED) is 0.902. The molecule has 3 rings (SSSR count). The molecular formula is C17H20F2N2O3. The van der Waals surface area contributed by atoms with Crippen LogP contribution in [-0.2, 0) is 20.7 Å². The largest absolute Gasteiger partial charge is 0.367 e. The highest BCUT2D eigenvalue weighted by atomic mass is 19.2. The summed E-state index contributed by atoms with van der Waals surface area (Å²) in [6.07, 6.45) is 1.07.